The van der Waals surface area contributed by atoms with Gasteiger partial charge in [-0.2, -0.15) is 13.2 Å². The number of hydrogen-bond acceptors (Lipinski definition) is 5. The number of benzene rings is 2. The second-order valence-electron chi connectivity index (χ2n) is 9.77. The van der Waals surface area contributed by atoms with Crippen LogP contribution in [0.25, 0.3) is 15.8 Å². The van der Waals surface area contributed by atoms with Gasteiger partial charge in [-0.3, -0.25) is 4.79 Å². The molecular formula is C28H30F3NO3S. The maximum absolute atomic E-state index is 13.4. The summed E-state index contributed by atoms with van der Waals surface area (Å²) in [6.07, 6.45) is -1.57. The summed E-state index contributed by atoms with van der Waals surface area (Å²) < 4.78 is 45.6. The van der Waals surface area contributed by atoms with E-state index in [2.05, 4.69) is 18.8 Å². The average molecular weight is 518 g/mol. The summed E-state index contributed by atoms with van der Waals surface area (Å²) in [5.74, 6) is 0.680. The normalized spacial score (nSPS) is 23.9. The molecule has 0 amide bonds. The zero-order valence-electron chi connectivity index (χ0n) is 20.8. The van der Waals surface area contributed by atoms with Crippen molar-refractivity contribution >= 4 is 32.9 Å². The van der Waals surface area contributed by atoms with Gasteiger partial charge in [0, 0.05) is 12.3 Å². The zero-order chi connectivity index (χ0) is 26.2. The number of aliphatic hydroxyl groups is 1. The smallest absolute Gasteiger partial charge is 0.416 e. The minimum Gasteiger partial charge on any atom is -0.511 e. The molecule has 1 aromatic heterocycles. The fourth-order valence-corrected chi connectivity index (χ4v) is 5.50. The van der Waals surface area contributed by atoms with Crippen LogP contribution in [0.4, 0.5) is 13.2 Å². The lowest BCUT2D eigenvalue weighted by molar-refractivity contribution is -0.137. The second-order valence-corrected chi connectivity index (χ2v) is 10.8. The third-order valence-electron chi connectivity index (χ3n) is 7.10. The molecule has 8 heteroatoms. The third kappa shape index (κ3) is 5.43. The number of alkyl halides is 3. The Bertz CT molecular complexity index is 1310. The largest absolute Gasteiger partial charge is 0.511 e. The molecule has 0 saturated carbocycles. The van der Waals surface area contributed by atoms with Gasteiger partial charge in [0.05, 0.1) is 21.4 Å². The van der Waals surface area contributed by atoms with Gasteiger partial charge in [0.1, 0.15) is 11.5 Å². The lowest BCUT2D eigenvalue weighted by Crippen LogP contribution is -2.15. The number of ether oxygens (including phenoxy) is 1. The van der Waals surface area contributed by atoms with Crippen molar-refractivity contribution in [2.24, 2.45) is 17.8 Å². The molecule has 0 fully saturated rings. The Kier molecular flexibility index (Phi) is 7.46. The van der Waals surface area contributed by atoms with Gasteiger partial charge in [-0.15, -0.1) is 0 Å². The number of ketones is 1. The second kappa shape index (κ2) is 10.2. The van der Waals surface area contributed by atoms with Crippen LogP contribution in [0.15, 0.2) is 42.2 Å². The third-order valence-corrected chi connectivity index (χ3v) is 8.00. The SMILES string of the molecule is CCc1ccc(Oc2nc3ccc(C(F)(F)F)cc3s2)cc1/C1=C(\O)C(C)[C@@H](C)CC[C@@H](C)CC1=O. The number of Topliss-reactive ketones (excluding diaryl/α,β-unsaturated/α-hetero) is 1. The molecule has 1 N–H and O–H groups in total. The van der Waals surface area contributed by atoms with Crippen molar-refractivity contribution in [3.8, 4) is 10.9 Å². The number of aliphatic hydroxyl groups excluding tert-OH is 1. The van der Waals surface area contributed by atoms with E-state index in [0.717, 1.165) is 41.9 Å². The highest BCUT2D eigenvalue weighted by Gasteiger charge is 2.31. The van der Waals surface area contributed by atoms with Gasteiger partial charge in [0.25, 0.3) is 5.19 Å². The van der Waals surface area contributed by atoms with Crippen LogP contribution in [0.1, 0.15) is 63.6 Å². The summed E-state index contributed by atoms with van der Waals surface area (Å²) in [7, 11) is 0. The van der Waals surface area contributed by atoms with Crippen molar-refractivity contribution in [1.29, 1.82) is 0 Å². The van der Waals surface area contributed by atoms with Crippen LogP contribution in [-0.4, -0.2) is 15.9 Å². The van der Waals surface area contributed by atoms with Gasteiger partial charge in [-0.25, -0.2) is 4.98 Å². The van der Waals surface area contributed by atoms with Crippen molar-refractivity contribution in [2.75, 3.05) is 0 Å². The van der Waals surface area contributed by atoms with Crippen molar-refractivity contribution < 1.29 is 27.8 Å². The van der Waals surface area contributed by atoms with Gasteiger partial charge in [-0.1, -0.05) is 45.1 Å². The van der Waals surface area contributed by atoms with Gasteiger partial charge in [0.2, 0.25) is 0 Å². The molecule has 4 nitrogen and oxygen atoms in total. The van der Waals surface area contributed by atoms with Crippen LogP contribution < -0.4 is 4.74 Å². The highest BCUT2D eigenvalue weighted by molar-refractivity contribution is 7.20. The van der Waals surface area contributed by atoms with Crippen LogP contribution in [0.5, 0.6) is 10.9 Å². The Morgan fingerprint density at radius 3 is 2.56 bits per heavy atom. The van der Waals surface area contributed by atoms with Crippen molar-refractivity contribution in [1.82, 2.24) is 4.98 Å². The Hall–Kier alpha value is -2.87. The maximum Gasteiger partial charge on any atom is 0.416 e. The molecular weight excluding hydrogens is 487 g/mol. The number of carbonyl (C=O) groups is 1. The molecule has 2 aromatic carbocycles. The summed E-state index contributed by atoms with van der Waals surface area (Å²) in [6, 6.07) is 8.74. The predicted octanol–water partition coefficient (Wildman–Crippen LogP) is 8.60. The quantitative estimate of drug-likeness (QED) is 0.376. The molecule has 192 valence electrons. The highest BCUT2D eigenvalue weighted by atomic mass is 32.1. The van der Waals surface area contributed by atoms with E-state index in [4.69, 9.17) is 4.74 Å². The molecule has 1 heterocycles. The molecule has 1 aliphatic carbocycles. The summed E-state index contributed by atoms with van der Waals surface area (Å²) in [5, 5.41) is 11.5. The zero-order valence-corrected chi connectivity index (χ0v) is 21.6. The number of hydrogen-bond donors (Lipinski definition) is 1. The average Bonchev–Trinajstić information content (AvgIpc) is 3.23. The standard InChI is InChI=1S/C28H30F3NO3S/c1-5-18-8-10-20(35-27-32-22-11-9-19(28(29,30)31)13-24(22)36-27)14-21(18)25-23(33)12-15(2)6-7-16(3)17(4)26(25)34/h8-11,13-17,34H,5-7,12H2,1-4H3/b26-25+/t15-,16+,17?/m1/s1. The van der Waals surface area contributed by atoms with E-state index >= 15 is 0 Å². The molecule has 1 unspecified atom stereocenters. The lowest BCUT2D eigenvalue weighted by Gasteiger charge is -2.21. The number of rotatable bonds is 4. The molecule has 0 saturated heterocycles. The fraction of sp³-hybridized carbons (Fsp3) is 0.429. The van der Waals surface area contributed by atoms with Crippen molar-refractivity contribution in [3.05, 3.63) is 58.8 Å². The monoisotopic (exact) mass is 517 g/mol. The van der Waals surface area contributed by atoms with Crippen LogP contribution in [-0.2, 0) is 17.4 Å². The van der Waals surface area contributed by atoms with Crippen molar-refractivity contribution in [3.63, 3.8) is 0 Å². The summed E-state index contributed by atoms with van der Waals surface area (Å²) in [5.41, 5.74) is 1.55. The van der Waals surface area contributed by atoms with Gasteiger partial charge in [0.15, 0.2) is 5.78 Å². The lowest BCUT2D eigenvalue weighted by atomic mass is 9.85. The van der Waals surface area contributed by atoms with E-state index in [1.807, 2.05) is 19.9 Å². The van der Waals surface area contributed by atoms with Crippen LogP contribution in [0.3, 0.4) is 0 Å². The predicted molar refractivity (Wildman–Crippen MR) is 136 cm³/mol. The molecule has 1 aliphatic rings. The van der Waals surface area contributed by atoms with E-state index in [1.165, 1.54) is 6.07 Å². The number of aryl methyl sites for hydroxylation is 1. The van der Waals surface area contributed by atoms with E-state index in [0.29, 0.717) is 39.9 Å². The van der Waals surface area contributed by atoms with Gasteiger partial charge in [-0.05, 0) is 72.6 Å². The summed E-state index contributed by atoms with van der Waals surface area (Å²) >= 11 is 1.02. The molecule has 3 atom stereocenters. The summed E-state index contributed by atoms with van der Waals surface area (Å²) in [6.45, 7) is 8.09. The van der Waals surface area contributed by atoms with E-state index in [9.17, 15) is 23.1 Å². The fourth-order valence-electron chi connectivity index (χ4n) is 4.63. The molecule has 0 spiro atoms. The first-order chi connectivity index (χ1) is 17.0. The minimum absolute atomic E-state index is 0.0903. The minimum atomic E-state index is -4.44. The molecule has 36 heavy (non-hydrogen) atoms. The first kappa shape index (κ1) is 26.2. The first-order valence-electron chi connectivity index (χ1n) is 12.2. The topological polar surface area (TPSA) is 59.4 Å². The highest BCUT2D eigenvalue weighted by Crippen LogP contribution is 2.39. The first-order valence-corrected chi connectivity index (χ1v) is 13.0. The van der Waals surface area contributed by atoms with Gasteiger partial charge >= 0.3 is 6.18 Å². The van der Waals surface area contributed by atoms with E-state index < -0.39 is 11.7 Å². The Labute approximate surface area is 212 Å². The molecule has 0 radical (unpaired) electrons. The number of allylic oxidation sites excluding steroid dienone is 2. The number of fused-ring (bicyclic) bond motifs is 1. The van der Waals surface area contributed by atoms with Gasteiger partial charge < -0.3 is 9.84 Å². The number of thiazole rings is 1. The number of nitrogens with zero attached hydrogens (tertiary/aromatic N) is 1. The maximum atomic E-state index is 13.4. The molecule has 0 bridgehead atoms. The van der Waals surface area contributed by atoms with E-state index in [-0.39, 0.29) is 34.5 Å². The van der Waals surface area contributed by atoms with E-state index in [1.54, 1.807) is 12.1 Å². The molecule has 0 aliphatic heterocycles. The molecule has 3 aromatic rings. The van der Waals surface area contributed by atoms with Crippen molar-refractivity contribution in [2.45, 2.75) is 59.6 Å². The van der Waals surface area contributed by atoms with Crippen LogP contribution in [0, 0.1) is 17.8 Å². The number of aromatic nitrogens is 1. The summed E-state index contributed by atoms with van der Waals surface area (Å²) in [4.78, 5) is 17.7. The van der Waals surface area contributed by atoms with Crippen LogP contribution in [0.2, 0.25) is 0 Å². The van der Waals surface area contributed by atoms with Crippen LogP contribution >= 0.6 is 11.3 Å². The number of carbonyl (C=O) groups excluding carboxylic acids is 1. The molecule has 4 rings (SSSR count). The Morgan fingerprint density at radius 2 is 1.86 bits per heavy atom. The number of halogens is 3. The Morgan fingerprint density at radius 1 is 1.11 bits per heavy atom. The Balaban J connectivity index is 1.74.